The molecule has 1 N–H and O–H groups in total. The Morgan fingerprint density at radius 2 is 1.85 bits per heavy atom. The molecule has 0 heterocycles. The van der Waals surface area contributed by atoms with Crippen molar-refractivity contribution in [1.29, 1.82) is 5.26 Å². The molecule has 0 radical (unpaired) electrons. The molecule has 6 nitrogen and oxygen atoms in total. The average Bonchev–Trinajstić information content (AvgIpc) is 2.86. The first-order valence-electron chi connectivity index (χ1n) is 10.2. The normalized spacial score (nSPS) is 10.9. The first-order chi connectivity index (χ1) is 16.4. The topological polar surface area (TPSA) is 80.6 Å². The zero-order valence-corrected chi connectivity index (χ0v) is 20.2. The molecule has 0 aliphatic carbocycles. The quantitative estimate of drug-likeness (QED) is 0.299. The molecule has 0 unspecified atom stereocenters. The van der Waals surface area contributed by atoms with E-state index in [2.05, 4.69) is 21.2 Å². The molecule has 0 aliphatic rings. The summed E-state index contributed by atoms with van der Waals surface area (Å²) in [5, 5.41) is 12.2. The van der Waals surface area contributed by atoms with Gasteiger partial charge in [-0.15, -0.1) is 0 Å². The van der Waals surface area contributed by atoms with Crippen LogP contribution in [0.3, 0.4) is 0 Å². The van der Waals surface area contributed by atoms with Gasteiger partial charge in [0.1, 0.15) is 29.8 Å². The molecule has 0 atom stereocenters. The second-order valence-electron chi connectivity index (χ2n) is 7.11. The van der Waals surface area contributed by atoms with Crippen LogP contribution in [0.2, 0.25) is 0 Å². The van der Waals surface area contributed by atoms with Crippen LogP contribution < -0.4 is 19.5 Å². The lowest BCUT2D eigenvalue weighted by Gasteiger charge is -2.14. The van der Waals surface area contributed by atoms with Crippen molar-refractivity contribution in [1.82, 2.24) is 5.32 Å². The lowest BCUT2D eigenvalue weighted by molar-refractivity contribution is -0.117. The third-order valence-electron chi connectivity index (χ3n) is 4.87. The molecule has 1 amide bonds. The lowest BCUT2D eigenvalue weighted by atomic mass is 10.1. The van der Waals surface area contributed by atoms with E-state index in [-0.39, 0.29) is 24.5 Å². The number of nitrogens with zero attached hydrogens (tertiary/aromatic N) is 1. The molecule has 3 aromatic rings. The summed E-state index contributed by atoms with van der Waals surface area (Å²) in [7, 11) is 3.05. The Morgan fingerprint density at radius 1 is 1.12 bits per heavy atom. The van der Waals surface area contributed by atoms with Crippen LogP contribution in [0.1, 0.15) is 16.7 Å². The molecule has 0 spiro atoms. The lowest BCUT2D eigenvalue weighted by Crippen LogP contribution is -2.23. The zero-order valence-electron chi connectivity index (χ0n) is 18.6. The number of ether oxygens (including phenoxy) is 3. The van der Waals surface area contributed by atoms with Gasteiger partial charge in [-0.1, -0.05) is 30.3 Å². The molecule has 3 aromatic carbocycles. The molecular weight excluding hydrogens is 503 g/mol. The minimum atomic E-state index is -0.506. The van der Waals surface area contributed by atoms with E-state index in [1.165, 1.54) is 19.3 Å². The summed E-state index contributed by atoms with van der Waals surface area (Å²) < 4.78 is 30.7. The summed E-state index contributed by atoms with van der Waals surface area (Å²) in [4.78, 5) is 12.5. The highest BCUT2D eigenvalue weighted by atomic mass is 79.9. The van der Waals surface area contributed by atoms with Crippen LogP contribution in [0, 0.1) is 17.1 Å². The summed E-state index contributed by atoms with van der Waals surface area (Å²) in [6, 6.07) is 18.8. The van der Waals surface area contributed by atoms with Crippen molar-refractivity contribution in [2.75, 3.05) is 14.2 Å². The van der Waals surface area contributed by atoms with E-state index in [0.717, 1.165) is 5.56 Å². The molecule has 0 bridgehead atoms. The minimum absolute atomic E-state index is 0.00797. The number of benzene rings is 3. The van der Waals surface area contributed by atoms with Crippen molar-refractivity contribution < 1.29 is 23.4 Å². The van der Waals surface area contributed by atoms with E-state index in [4.69, 9.17) is 14.2 Å². The van der Waals surface area contributed by atoms with Gasteiger partial charge in [0.05, 0.1) is 18.7 Å². The summed E-state index contributed by atoms with van der Waals surface area (Å²) in [6.45, 7) is 0.270. The number of amides is 1. The van der Waals surface area contributed by atoms with E-state index in [0.29, 0.717) is 32.8 Å². The Bertz CT molecular complexity index is 1240. The third-order valence-corrected chi connectivity index (χ3v) is 5.46. The van der Waals surface area contributed by atoms with Crippen molar-refractivity contribution in [3.05, 3.63) is 93.2 Å². The smallest absolute Gasteiger partial charge is 0.262 e. The van der Waals surface area contributed by atoms with Crippen molar-refractivity contribution in [2.24, 2.45) is 0 Å². The van der Waals surface area contributed by atoms with Gasteiger partial charge in [0.15, 0.2) is 11.5 Å². The fourth-order valence-electron chi connectivity index (χ4n) is 3.06. The fourth-order valence-corrected chi connectivity index (χ4v) is 3.64. The maximum absolute atomic E-state index is 13.9. The fraction of sp³-hybridized carbons (Fsp3) is 0.154. The Kier molecular flexibility index (Phi) is 8.66. The minimum Gasteiger partial charge on any atom is -0.497 e. The number of methoxy groups -OCH3 is 2. The number of nitrogens with one attached hydrogen (secondary N) is 1. The van der Waals surface area contributed by atoms with Gasteiger partial charge in [0, 0.05) is 12.1 Å². The van der Waals surface area contributed by atoms with Gasteiger partial charge in [0.25, 0.3) is 5.91 Å². The molecule has 3 rings (SSSR count). The van der Waals surface area contributed by atoms with Gasteiger partial charge in [-0.05, 0) is 63.5 Å². The van der Waals surface area contributed by atoms with Crippen LogP contribution in [-0.2, 0) is 17.9 Å². The van der Waals surface area contributed by atoms with Gasteiger partial charge in [-0.2, -0.15) is 5.26 Å². The van der Waals surface area contributed by atoms with Gasteiger partial charge < -0.3 is 19.5 Å². The van der Waals surface area contributed by atoms with Crippen molar-refractivity contribution in [3.63, 3.8) is 0 Å². The molecule has 0 aliphatic heterocycles. The number of carbonyl (C=O) groups excluding carboxylic acids is 1. The Morgan fingerprint density at radius 3 is 2.50 bits per heavy atom. The van der Waals surface area contributed by atoms with Crippen LogP contribution in [-0.4, -0.2) is 20.1 Å². The number of halogens is 2. The number of hydrogen-bond donors (Lipinski definition) is 1. The molecule has 0 saturated carbocycles. The van der Waals surface area contributed by atoms with Gasteiger partial charge in [0.2, 0.25) is 0 Å². The zero-order chi connectivity index (χ0) is 24.5. The second-order valence-corrected chi connectivity index (χ2v) is 7.97. The Hall–Kier alpha value is -3.83. The molecule has 8 heteroatoms. The molecular formula is C26H22BrFN2O4. The van der Waals surface area contributed by atoms with E-state index >= 15 is 0 Å². The van der Waals surface area contributed by atoms with Crippen LogP contribution >= 0.6 is 15.9 Å². The van der Waals surface area contributed by atoms with Crippen molar-refractivity contribution >= 4 is 27.9 Å². The summed E-state index contributed by atoms with van der Waals surface area (Å²) in [6.07, 6.45) is 1.46. The number of hydrogen-bond acceptors (Lipinski definition) is 5. The predicted octanol–water partition coefficient (Wildman–Crippen LogP) is 5.41. The van der Waals surface area contributed by atoms with Crippen LogP contribution in [0.25, 0.3) is 6.08 Å². The average molecular weight is 525 g/mol. The summed E-state index contributed by atoms with van der Waals surface area (Å²) in [5.41, 5.74) is 1.76. The Labute approximate surface area is 205 Å². The van der Waals surface area contributed by atoms with Crippen LogP contribution in [0.5, 0.6) is 17.2 Å². The maximum Gasteiger partial charge on any atom is 0.262 e. The van der Waals surface area contributed by atoms with E-state index in [9.17, 15) is 14.4 Å². The highest BCUT2D eigenvalue weighted by Crippen LogP contribution is 2.38. The highest BCUT2D eigenvalue weighted by Gasteiger charge is 2.15. The van der Waals surface area contributed by atoms with Crippen molar-refractivity contribution in [2.45, 2.75) is 13.2 Å². The predicted molar refractivity (Wildman–Crippen MR) is 130 cm³/mol. The molecule has 34 heavy (non-hydrogen) atoms. The molecule has 0 aromatic heterocycles. The summed E-state index contributed by atoms with van der Waals surface area (Å²) in [5.74, 6) is 0.594. The highest BCUT2D eigenvalue weighted by molar-refractivity contribution is 9.10. The van der Waals surface area contributed by atoms with E-state index in [1.54, 1.807) is 49.6 Å². The van der Waals surface area contributed by atoms with Gasteiger partial charge in [-0.25, -0.2) is 4.39 Å². The van der Waals surface area contributed by atoms with E-state index < -0.39 is 5.91 Å². The number of nitriles is 1. The molecule has 0 saturated heterocycles. The standard InChI is InChI=1S/C26H22BrFN2O4/c1-32-21-9-7-17(8-10-21)15-30-26(31)20(14-29)11-18-12-22(27)25(24(13-18)33-2)34-16-19-5-3-4-6-23(19)28/h3-13H,15-16H2,1-2H3,(H,30,31)/b20-11-. The second kappa shape index (κ2) is 11.9. The van der Waals surface area contributed by atoms with Crippen LogP contribution in [0.4, 0.5) is 4.39 Å². The monoisotopic (exact) mass is 524 g/mol. The van der Waals surface area contributed by atoms with E-state index in [1.807, 2.05) is 18.2 Å². The third kappa shape index (κ3) is 6.36. The molecule has 0 fully saturated rings. The van der Waals surface area contributed by atoms with Gasteiger partial charge in [-0.3, -0.25) is 4.79 Å². The van der Waals surface area contributed by atoms with Crippen LogP contribution in [0.15, 0.2) is 70.7 Å². The number of carbonyl (C=O) groups is 1. The summed E-state index contributed by atoms with van der Waals surface area (Å²) >= 11 is 3.43. The largest absolute Gasteiger partial charge is 0.497 e. The van der Waals surface area contributed by atoms with Crippen molar-refractivity contribution in [3.8, 4) is 23.3 Å². The van der Waals surface area contributed by atoms with Gasteiger partial charge >= 0.3 is 0 Å². The number of rotatable bonds is 9. The SMILES string of the molecule is COc1ccc(CNC(=O)/C(C#N)=C\c2cc(Br)c(OCc3ccccc3F)c(OC)c2)cc1. The Balaban J connectivity index is 1.74. The first kappa shape index (κ1) is 24.8. The maximum atomic E-state index is 13.9. The first-order valence-corrected chi connectivity index (χ1v) is 11.0. The molecule has 174 valence electrons.